The molecular formula is C33H40F2N4O4. The summed E-state index contributed by atoms with van der Waals surface area (Å²) in [6.07, 6.45) is 3.60. The third-order valence-electron chi connectivity index (χ3n) is 9.91. The lowest BCUT2D eigenvalue weighted by molar-refractivity contribution is -0.185. The number of aliphatic hydroxyl groups is 1. The Bertz CT molecular complexity index is 1460. The Hall–Kier alpha value is -3.53. The minimum absolute atomic E-state index is 0.141. The number of hydrogen-bond acceptors (Lipinski definition) is 7. The van der Waals surface area contributed by atoms with Gasteiger partial charge >= 0.3 is 6.01 Å². The topological polar surface area (TPSA) is 101 Å². The monoisotopic (exact) mass is 594 g/mol. The normalized spacial score (nSPS) is 21.6. The highest BCUT2D eigenvalue weighted by Gasteiger charge is 2.59. The Balaban J connectivity index is 1.14. The maximum Gasteiger partial charge on any atom is 0.324 e. The van der Waals surface area contributed by atoms with E-state index in [2.05, 4.69) is 22.4 Å². The van der Waals surface area contributed by atoms with Crippen LogP contribution in [0.5, 0.6) is 5.75 Å². The van der Waals surface area contributed by atoms with Crippen molar-refractivity contribution in [3.8, 4) is 16.9 Å². The molecule has 1 aromatic heterocycles. The quantitative estimate of drug-likeness (QED) is 0.332. The molecule has 1 amide bonds. The zero-order chi connectivity index (χ0) is 30.4. The fourth-order valence-electron chi connectivity index (χ4n) is 6.71. The van der Waals surface area contributed by atoms with Crippen molar-refractivity contribution in [3.63, 3.8) is 0 Å². The molecule has 1 saturated carbocycles. The molecule has 6 rings (SSSR count). The summed E-state index contributed by atoms with van der Waals surface area (Å²) in [7, 11) is 0. The SMILES string of the molecule is CCC(C)c1noc(N2CCC3(CC2)Oc2ccc(-c4ccc(C(=O)NC5([C@@H](C)O)CCCC5)cc4)cc2CC3(F)F)n1. The third kappa shape index (κ3) is 5.39. The van der Waals surface area contributed by atoms with Crippen LogP contribution in [-0.2, 0) is 6.42 Å². The summed E-state index contributed by atoms with van der Waals surface area (Å²) in [6, 6.07) is 12.9. The van der Waals surface area contributed by atoms with E-state index >= 15 is 8.78 Å². The number of fused-ring (bicyclic) bond motifs is 1. The highest BCUT2D eigenvalue weighted by molar-refractivity contribution is 5.95. The molecule has 230 valence electrons. The van der Waals surface area contributed by atoms with Gasteiger partial charge in [-0.25, -0.2) is 8.78 Å². The molecule has 10 heteroatoms. The summed E-state index contributed by atoms with van der Waals surface area (Å²) in [5, 5.41) is 17.4. The van der Waals surface area contributed by atoms with Crippen molar-refractivity contribution in [3.05, 3.63) is 59.4 Å². The van der Waals surface area contributed by atoms with Crippen LogP contribution in [-0.4, -0.2) is 57.4 Å². The fourth-order valence-corrected chi connectivity index (χ4v) is 6.71. The van der Waals surface area contributed by atoms with Crippen LogP contribution >= 0.6 is 0 Å². The van der Waals surface area contributed by atoms with Crippen LogP contribution in [0.1, 0.15) is 93.4 Å². The first-order valence-electron chi connectivity index (χ1n) is 15.4. The number of nitrogens with zero attached hydrogens (tertiary/aromatic N) is 3. The van der Waals surface area contributed by atoms with E-state index in [1.807, 2.05) is 30.0 Å². The summed E-state index contributed by atoms with van der Waals surface area (Å²) >= 11 is 0. The lowest BCUT2D eigenvalue weighted by atomic mass is 9.79. The molecule has 2 aromatic carbocycles. The van der Waals surface area contributed by atoms with Gasteiger partial charge in [-0.2, -0.15) is 4.98 Å². The molecule has 2 aliphatic heterocycles. The van der Waals surface area contributed by atoms with Crippen molar-refractivity contribution in [1.29, 1.82) is 0 Å². The lowest BCUT2D eigenvalue weighted by Gasteiger charge is -2.48. The second-order valence-electron chi connectivity index (χ2n) is 12.6. The number of nitrogens with one attached hydrogen (secondary N) is 1. The molecular weight excluding hydrogens is 554 g/mol. The number of rotatable bonds is 7. The average molecular weight is 595 g/mol. The lowest BCUT2D eigenvalue weighted by Crippen LogP contribution is -2.61. The maximum absolute atomic E-state index is 15.8. The summed E-state index contributed by atoms with van der Waals surface area (Å²) in [5.41, 5.74) is 0.382. The zero-order valence-electron chi connectivity index (χ0n) is 25.0. The van der Waals surface area contributed by atoms with Crippen molar-refractivity contribution in [2.75, 3.05) is 18.0 Å². The standard InChI is InChI=1S/C33H40F2N4O4/c1-4-21(2)28-36-30(43-38-28)39-17-15-32(16-18-39)33(34,35)20-26-19-25(11-12-27(26)42-32)23-7-9-24(10-8-23)29(41)37-31(22(3)40)13-5-6-14-31/h7-12,19,21-22,40H,4-6,13-18,20H2,1-3H3,(H,37,41)/t21?,22-/m1/s1. The van der Waals surface area contributed by atoms with E-state index in [4.69, 9.17) is 9.26 Å². The summed E-state index contributed by atoms with van der Waals surface area (Å²) in [4.78, 5) is 19.3. The van der Waals surface area contributed by atoms with Gasteiger partial charge in [0.25, 0.3) is 11.8 Å². The molecule has 2 atom stereocenters. The molecule has 3 aliphatic rings. The third-order valence-corrected chi connectivity index (χ3v) is 9.91. The number of benzene rings is 2. The molecule has 43 heavy (non-hydrogen) atoms. The number of amides is 1. The fraction of sp³-hybridized carbons (Fsp3) is 0.545. The van der Waals surface area contributed by atoms with Gasteiger partial charge in [0.2, 0.25) is 0 Å². The first-order valence-corrected chi connectivity index (χ1v) is 15.4. The number of ether oxygens (including phenoxy) is 1. The molecule has 3 heterocycles. The summed E-state index contributed by atoms with van der Waals surface area (Å²) < 4.78 is 43.1. The molecule has 3 aromatic rings. The molecule has 1 aliphatic carbocycles. The molecule has 2 N–H and O–H groups in total. The molecule has 0 radical (unpaired) electrons. The minimum atomic E-state index is -3.05. The van der Waals surface area contributed by atoms with E-state index in [9.17, 15) is 9.90 Å². The molecule has 1 saturated heterocycles. The van der Waals surface area contributed by atoms with Crippen LogP contribution in [0, 0.1) is 0 Å². The Kier molecular flexibility index (Phi) is 7.69. The second-order valence-corrected chi connectivity index (χ2v) is 12.6. The highest BCUT2D eigenvalue weighted by atomic mass is 19.3. The van der Waals surface area contributed by atoms with Crippen LogP contribution < -0.4 is 15.0 Å². The molecule has 2 fully saturated rings. The van der Waals surface area contributed by atoms with E-state index in [-0.39, 0.29) is 24.7 Å². The number of hydrogen-bond donors (Lipinski definition) is 2. The highest BCUT2D eigenvalue weighted by Crippen LogP contribution is 2.49. The Labute approximate surface area is 250 Å². The second kappa shape index (κ2) is 11.2. The van der Waals surface area contributed by atoms with Crippen molar-refractivity contribution < 1.29 is 27.9 Å². The molecule has 0 bridgehead atoms. The Morgan fingerprint density at radius 3 is 2.37 bits per heavy atom. The zero-order valence-corrected chi connectivity index (χ0v) is 25.0. The molecule has 1 unspecified atom stereocenters. The molecule has 8 nitrogen and oxygen atoms in total. The Morgan fingerprint density at radius 1 is 1.05 bits per heavy atom. The number of anilines is 1. The smallest absolute Gasteiger partial charge is 0.324 e. The van der Waals surface area contributed by atoms with Crippen LogP contribution in [0.25, 0.3) is 11.1 Å². The van der Waals surface area contributed by atoms with Crippen molar-refractivity contribution in [2.45, 2.75) is 101 Å². The van der Waals surface area contributed by atoms with Gasteiger partial charge in [0, 0.05) is 49.4 Å². The number of carbonyl (C=O) groups is 1. The van der Waals surface area contributed by atoms with Crippen molar-refractivity contribution in [2.24, 2.45) is 0 Å². The van der Waals surface area contributed by atoms with Gasteiger partial charge in [0.15, 0.2) is 11.4 Å². The van der Waals surface area contributed by atoms with Crippen LogP contribution in [0.4, 0.5) is 14.8 Å². The first-order chi connectivity index (χ1) is 20.5. The van der Waals surface area contributed by atoms with Crippen LogP contribution in [0.15, 0.2) is 47.0 Å². The molecule has 1 spiro atoms. The van der Waals surface area contributed by atoms with Gasteiger partial charge < -0.3 is 24.6 Å². The average Bonchev–Trinajstić information content (AvgIpc) is 3.69. The number of piperidine rings is 1. The largest absolute Gasteiger partial charge is 0.481 e. The number of alkyl halides is 2. The predicted octanol–water partition coefficient (Wildman–Crippen LogP) is 6.28. The van der Waals surface area contributed by atoms with E-state index < -0.39 is 29.6 Å². The summed E-state index contributed by atoms with van der Waals surface area (Å²) in [6.45, 7) is 6.48. The van der Waals surface area contributed by atoms with Gasteiger partial charge in [-0.15, -0.1) is 0 Å². The minimum Gasteiger partial charge on any atom is -0.481 e. The van der Waals surface area contributed by atoms with Gasteiger partial charge in [-0.1, -0.05) is 50.0 Å². The van der Waals surface area contributed by atoms with Crippen LogP contribution in [0.3, 0.4) is 0 Å². The van der Waals surface area contributed by atoms with Crippen molar-refractivity contribution in [1.82, 2.24) is 15.5 Å². The van der Waals surface area contributed by atoms with Gasteiger partial charge in [-0.05, 0) is 61.6 Å². The van der Waals surface area contributed by atoms with Gasteiger partial charge in [0.1, 0.15) is 5.75 Å². The maximum atomic E-state index is 15.8. The Morgan fingerprint density at radius 2 is 1.72 bits per heavy atom. The van der Waals surface area contributed by atoms with E-state index in [1.54, 1.807) is 31.2 Å². The van der Waals surface area contributed by atoms with Gasteiger partial charge in [0.05, 0.1) is 11.6 Å². The van der Waals surface area contributed by atoms with E-state index in [0.29, 0.717) is 41.8 Å². The number of aromatic nitrogens is 2. The predicted molar refractivity (Wildman–Crippen MR) is 159 cm³/mol. The van der Waals surface area contributed by atoms with E-state index in [0.717, 1.165) is 43.2 Å². The van der Waals surface area contributed by atoms with Crippen LogP contribution in [0.2, 0.25) is 0 Å². The van der Waals surface area contributed by atoms with Crippen molar-refractivity contribution >= 4 is 11.9 Å². The first kappa shape index (κ1) is 29.5. The number of halogens is 2. The summed E-state index contributed by atoms with van der Waals surface area (Å²) in [5.74, 6) is -1.99. The van der Waals surface area contributed by atoms with E-state index in [1.165, 1.54) is 0 Å². The van der Waals surface area contributed by atoms with Gasteiger partial charge in [-0.3, -0.25) is 4.79 Å². The number of aliphatic hydroxyl groups excluding tert-OH is 1. The number of carbonyl (C=O) groups excluding carboxylic acids is 1.